The van der Waals surface area contributed by atoms with Crippen LogP contribution >= 0.6 is 0 Å². The molecule has 0 atom stereocenters. The number of ether oxygens (including phenoxy) is 1. The molecular formula is C19H21N3O3. The zero-order chi connectivity index (χ0) is 17.9. The summed E-state index contributed by atoms with van der Waals surface area (Å²) in [5.74, 6) is 0.742. The highest BCUT2D eigenvalue weighted by Gasteiger charge is 2.26. The Bertz CT molecular complexity index is 836. The Morgan fingerprint density at radius 1 is 1.24 bits per heavy atom. The molecule has 6 heteroatoms. The van der Waals surface area contributed by atoms with Gasteiger partial charge in [0.1, 0.15) is 17.1 Å². The lowest BCUT2D eigenvalue weighted by atomic mass is 9.88. The molecule has 3 rings (SSSR count). The average molecular weight is 339 g/mol. The Morgan fingerprint density at radius 2 is 2.00 bits per heavy atom. The summed E-state index contributed by atoms with van der Waals surface area (Å²) in [5, 5.41) is 9.09. The third kappa shape index (κ3) is 3.96. The number of aromatic amines is 1. The first kappa shape index (κ1) is 17.0. The Kier molecular flexibility index (Phi) is 4.70. The van der Waals surface area contributed by atoms with Gasteiger partial charge in [0.25, 0.3) is 0 Å². The van der Waals surface area contributed by atoms with Crippen molar-refractivity contribution in [1.29, 1.82) is 0 Å². The summed E-state index contributed by atoms with van der Waals surface area (Å²) in [7, 11) is 0. The van der Waals surface area contributed by atoms with E-state index < -0.39 is 11.4 Å². The van der Waals surface area contributed by atoms with E-state index in [2.05, 4.69) is 15.0 Å². The number of pyridine rings is 1. The van der Waals surface area contributed by atoms with E-state index in [1.165, 1.54) is 0 Å². The van der Waals surface area contributed by atoms with Gasteiger partial charge in [0, 0.05) is 11.8 Å². The molecule has 2 aromatic heterocycles. The molecule has 0 amide bonds. The van der Waals surface area contributed by atoms with Crippen LogP contribution in [0.5, 0.6) is 5.75 Å². The van der Waals surface area contributed by atoms with E-state index in [0.29, 0.717) is 19.4 Å². The predicted octanol–water partition coefficient (Wildman–Crippen LogP) is 3.89. The van der Waals surface area contributed by atoms with Crippen molar-refractivity contribution in [3.63, 3.8) is 0 Å². The number of H-pyrrole nitrogens is 1. The van der Waals surface area contributed by atoms with Gasteiger partial charge in [-0.25, -0.2) is 9.97 Å². The topological polar surface area (TPSA) is 88.1 Å². The largest absolute Gasteiger partial charge is 0.494 e. The zero-order valence-electron chi connectivity index (χ0n) is 14.3. The molecule has 25 heavy (non-hydrogen) atoms. The lowest BCUT2D eigenvalue weighted by molar-refractivity contribution is -0.147. The van der Waals surface area contributed by atoms with Crippen LogP contribution in [0, 0.1) is 5.41 Å². The predicted molar refractivity (Wildman–Crippen MR) is 95.5 cm³/mol. The molecule has 3 aromatic rings. The van der Waals surface area contributed by atoms with E-state index in [9.17, 15) is 4.79 Å². The number of fused-ring (bicyclic) bond motifs is 1. The normalized spacial score (nSPS) is 11.6. The lowest BCUT2D eigenvalue weighted by Crippen LogP contribution is -2.24. The summed E-state index contributed by atoms with van der Waals surface area (Å²) in [6.45, 7) is 3.95. The smallest absolute Gasteiger partial charge is 0.309 e. The number of benzene rings is 1. The van der Waals surface area contributed by atoms with Crippen LogP contribution in [0.4, 0.5) is 0 Å². The maximum Gasteiger partial charge on any atom is 0.309 e. The molecule has 0 saturated heterocycles. The van der Waals surface area contributed by atoms with Gasteiger partial charge >= 0.3 is 5.97 Å². The molecule has 0 aliphatic heterocycles. The van der Waals surface area contributed by atoms with Gasteiger partial charge in [-0.15, -0.1) is 0 Å². The summed E-state index contributed by atoms with van der Waals surface area (Å²) in [4.78, 5) is 23.0. The van der Waals surface area contributed by atoms with Crippen molar-refractivity contribution in [1.82, 2.24) is 15.0 Å². The fourth-order valence-electron chi connectivity index (χ4n) is 2.50. The van der Waals surface area contributed by atoms with E-state index in [-0.39, 0.29) is 0 Å². The van der Waals surface area contributed by atoms with Crippen LogP contribution < -0.4 is 4.74 Å². The number of nitrogens with zero attached hydrogens (tertiary/aromatic N) is 2. The molecule has 0 aliphatic carbocycles. The maximum absolute atomic E-state index is 11.1. The van der Waals surface area contributed by atoms with Crippen molar-refractivity contribution < 1.29 is 14.6 Å². The highest BCUT2D eigenvalue weighted by Crippen LogP contribution is 2.24. The van der Waals surface area contributed by atoms with E-state index in [1.54, 1.807) is 20.0 Å². The third-order valence-corrected chi connectivity index (χ3v) is 4.18. The number of imidazole rings is 1. The third-order valence-electron chi connectivity index (χ3n) is 4.18. The first-order valence-electron chi connectivity index (χ1n) is 8.23. The van der Waals surface area contributed by atoms with Crippen LogP contribution in [0.25, 0.3) is 22.6 Å². The van der Waals surface area contributed by atoms with E-state index in [4.69, 9.17) is 9.84 Å². The summed E-state index contributed by atoms with van der Waals surface area (Å²) in [6.07, 6.45) is 3.00. The number of hydrogen-bond acceptors (Lipinski definition) is 4. The molecule has 2 heterocycles. The molecule has 1 aromatic carbocycles. The Hall–Kier alpha value is -2.89. The van der Waals surface area contributed by atoms with Crippen molar-refractivity contribution in [2.45, 2.75) is 26.7 Å². The van der Waals surface area contributed by atoms with Gasteiger partial charge in [-0.2, -0.15) is 0 Å². The van der Waals surface area contributed by atoms with Crippen molar-refractivity contribution >= 4 is 17.1 Å². The van der Waals surface area contributed by atoms with Crippen molar-refractivity contribution in [3.05, 3.63) is 42.6 Å². The molecule has 0 unspecified atom stereocenters. The summed E-state index contributed by atoms with van der Waals surface area (Å²) in [5.41, 5.74) is 1.83. The highest BCUT2D eigenvalue weighted by atomic mass is 16.5. The number of nitrogens with one attached hydrogen (secondary N) is 1. The van der Waals surface area contributed by atoms with Crippen LogP contribution in [-0.2, 0) is 4.79 Å². The number of hydrogen-bond donors (Lipinski definition) is 2. The second-order valence-electron chi connectivity index (χ2n) is 6.62. The van der Waals surface area contributed by atoms with Crippen LogP contribution in [0.3, 0.4) is 0 Å². The molecule has 2 N–H and O–H groups in total. The van der Waals surface area contributed by atoms with Crippen LogP contribution in [0.1, 0.15) is 26.7 Å². The maximum atomic E-state index is 11.1. The number of carbonyl (C=O) groups is 1. The fourth-order valence-corrected chi connectivity index (χ4v) is 2.50. The second-order valence-corrected chi connectivity index (χ2v) is 6.62. The van der Waals surface area contributed by atoms with Gasteiger partial charge < -0.3 is 14.8 Å². The minimum Gasteiger partial charge on any atom is -0.494 e. The van der Waals surface area contributed by atoms with Crippen LogP contribution in [-0.4, -0.2) is 32.6 Å². The molecule has 6 nitrogen and oxygen atoms in total. The zero-order valence-corrected chi connectivity index (χ0v) is 14.3. The summed E-state index contributed by atoms with van der Waals surface area (Å²) < 4.78 is 5.70. The summed E-state index contributed by atoms with van der Waals surface area (Å²) >= 11 is 0. The van der Waals surface area contributed by atoms with Gasteiger partial charge in [-0.05, 0) is 63.1 Å². The molecule has 0 aliphatic rings. The van der Waals surface area contributed by atoms with Crippen LogP contribution in [0.2, 0.25) is 0 Å². The van der Waals surface area contributed by atoms with Crippen molar-refractivity contribution in [2.75, 3.05) is 6.61 Å². The van der Waals surface area contributed by atoms with Crippen molar-refractivity contribution in [3.8, 4) is 17.1 Å². The highest BCUT2D eigenvalue weighted by molar-refractivity contribution is 5.75. The van der Waals surface area contributed by atoms with Gasteiger partial charge in [0.15, 0.2) is 5.65 Å². The molecule has 130 valence electrons. The Morgan fingerprint density at radius 3 is 2.68 bits per heavy atom. The number of carboxylic acid groups (broad SMARTS) is 1. The van der Waals surface area contributed by atoms with Gasteiger partial charge in [-0.1, -0.05) is 0 Å². The van der Waals surface area contributed by atoms with E-state index >= 15 is 0 Å². The Balaban J connectivity index is 1.58. The number of aromatic nitrogens is 3. The Labute approximate surface area is 145 Å². The number of carboxylic acids is 1. The van der Waals surface area contributed by atoms with Crippen molar-refractivity contribution in [2.24, 2.45) is 5.41 Å². The quantitative estimate of drug-likeness (QED) is 0.638. The molecule has 0 radical (unpaired) electrons. The molecule has 0 saturated carbocycles. The minimum absolute atomic E-state index is 0.491. The molecule has 0 bridgehead atoms. The first-order valence-corrected chi connectivity index (χ1v) is 8.23. The summed E-state index contributed by atoms with van der Waals surface area (Å²) in [6, 6.07) is 11.4. The first-order chi connectivity index (χ1) is 12.0. The molecule has 0 fully saturated rings. The minimum atomic E-state index is -0.780. The lowest BCUT2D eigenvalue weighted by Gasteiger charge is -2.18. The SMILES string of the molecule is CC(C)(CCCOc1ccc(-c2nc3cccnc3[nH]2)cc1)C(=O)O. The van der Waals surface area contributed by atoms with Gasteiger partial charge in [0.05, 0.1) is 12.0 Å². The number of aliphatic carboxylic acids is 1. The standard InChI is InChI=1S/C19H21N3O3/c1-19(2,18(23)24)10-4-12-25-14-8-6-13(7-9-14)16-21-15-5-3-11-20-17(15)22-16/h3,5-9,11H,4,10,12H2,1-2H3,(H,23,24)(H,20,21,22). The van der Waals surface area contributed by atoms with Gasteiger partial charge in [0.2, 0.25) is 0 Å². The van der Waals surface area contributed by atoms with Crippen LogP contribution in [0.15, 0.2) is 42.6 Å². The van der Waals surface area contributed by atoms with E-state index in [0.717, 1.165) is 28.3 Å². The fraction of sp³-hybridized carbons (Fsp3) is 0.316. The monoisotopic (exact) mass is 339 g/mol. The molecule has 0 spiro atoms. The second kappa shape index (κ2) is 6.93. The molecular weight excluding hydrogens is 318 g/mol. The number of rotatable bonds is 7. The average Bonchev–Trinajstić information content (AvgIpc) is 3.03. The van der Waals surface area contributed by atoms with E-state index in [1.807, 2.05) is 36.4 Å². The van der Waals surface area contributed by atoms with Gasteiger partial charge in [-0.3, -0.25) is 4.79 Å².